The van der Waals surface area contributed by atoms with Crippen molar-refractivity contribution in [2.75, 3.05) is 6.61 Å². The molecule has 2 rings (SSSR count). The highest BCUT2D eigenvalue weighted by Crippen LogP contribution is 2.26. The number of aldehydes is 1. The van der Waals surface area contributed by atoms with Gasteiger partial charge in [-0.1, -0.05) is 13.8 Å². The summed E-state index contributed by atoms with van der Waals surface area (Å²) in [5.74, 6) is 1.31. The highest BCUT2D eigenvalue weighted by Gasteiger charge is 2.07. The van der Waals surface area contributed by atoms with Crippen LogP contribution in [0.15, 0.2) is 30.3 Å². The van der Waals surface area contributed by atoms with Crippen molar-refractivity contribution in [3.05, 3.63) is 45.6 Å². The fourth-order valence-corrected chi connectivity index (χ4v) is 2.76. The van der Waals surface area contributed by atoms with Crippen molar-refractivity contribution < 1.29 is 14.3 Å². The van der Waals surface area contributed by atoms with Gasteiger partial charge in [-0.3, -0.25) is 4.79 Å². The van der Waals surface area contributed by atoms with Crippen molar-refractivity contribution in [3.8, 4) is 11.5 Å². The zero-order chi connectivity index (χ0) is 15.1. The van der Waals surface area contributed by atoms with E-state index in [4.69, 9.17) is 9.47 Å². The lowest BCUT2D eigenvalue weighted by Gasteiger charge is -2.10. The normalized spacial score (nSPS) is 10.4. The molecule has 0 atom stereocenters. The summed E-state index contributed by atoms with van der Waals surface area (Å²) >= 11 is 1.74. The molecule has 0 amide bonds. The second-order valence-corrected chi connectivity index (χ2v) is 5.93. The molecule has 4 heteroatoms. The monoisotopic (exact) mass is 304 g/mol. The molecule has 0 N–H and O–H groups in total. The van der Waals surface area contributed by atoms with Crippen molar-refractivity contribution in [2.24, 2.45) is 0 Å². The molecule has 0 aliphatic heterocycles. The quantitative estimate of drug-likeness (QED) is 0.674. The van der Waals surface area contributed by atoms with Crippen LogP contribution in [0.3, 0.4) is 0 Å². The molecular formula is C17H20O3S. The third-order valence-corrected chi connectivity index (χ3v) is 4.22. The van der Waals surface area contributed by atoms with Gasteiger partial charge < -0.3 is 9.47 Å². The van der Waals surface area contributed by atoms with Crippen LogP contribution in [-0.4, -0.2) is 12.9 Å². The Kier molecular flexibility index (Phi) is 5.81. The Morgan fingerprint density at radius 2 is 1.90 bits per heavy atom. The minimum absolute atomic E-state index is 0.475. The van der Waals surface area contributed by atoms with E-state index in [1.54, 1.807) is 29.5 Å². The SMILES string of the molecule is CCCOc1ccc(C=O)c(OCc2ccc(CC)s2)c1. The highest BCUT2D eigenvalue weighted by molar-refractivity contribution is 7.11. The van der Waals surface area contributed by atoms with E-state index in [9.17, 15) is 4.79 Å². The van der Waals surface area contributed by atoms with Crippen molar-refractivity contribution in [1.29, 1.82) is 0 Å². The van der Waals surface area contributed by atoms with Gasteiger partial charge in [0.25, 0.3) is 0 Å². The first-order valence-corrected chi connectivity index (χ1v) is 8.00. The summed E-state index contributed by atoms with van der Waals surface area (Å²) in [7, 11) is 0. The largest absolute Gasteiger partial charge is 0.493 e. The van der Waals surface area contributed by atoms with Crippen LogP contribution in [0.2, 0.25) is 0 Å². The van der Waals surface area contributed by atoms with Gasteiger partial charge in [-0.05, 0) is 37.1 Å². The van der Waals surface area contributed by atoms with Crippen LogP contribution in [0.4, 0.5) is 0 Å². The standard InChI is InChI=1S/C17H20O3S/c1-3-9-19-14-6-5-13(11-18)17(10-14)20-12-16-8-7-15(4-2)21-16/h5-8,10-11H,3-4,9,12H2,1-2H3. The number of carbonyl (C=O) groups is 1. The Morgan fingerprint density at radius 3 is 2.57 bits per heavy atom. The predicted octanol–water partition coefficient (Wildman–Crippen LogP) is 4.49. The van der Waals surface area contributed by atoms with E-state index in [-0.39, 0.29) is 0 Å². The smallest absolute Gasteiger partial charge is 0.153 e. The topological polar surface area (TPSA) is 35.5 Å². The molecule has 0 bridgehead atoms. The van der Waals surface area contributed by atoms with Crippen LogP contribution >= 0.6 is 11.3 Å². The number of aryl methyl sites for hydroxylation is 1. The van der Waals surface area contributed by atoms with Gasteiger partial charge in [0, 0.05) is 15.8 Å². The molecule has 0 aliphatic carbocycles. The third kappa shape index (κ3) is 4.33. The van der Waals surface area contributed by atoms with Crippen LogP contribution in [0.1, 0.15) is 40.4 Å². The maximum atomic E-state index is 11.1. The molecule has 2 aromatic rings. The van der Waals surface area contributed by atoms with Gasteiger partial charge in [0.15, 0.2) is 6.29 Å². The predicted molar refractivity (Wildman–Crippen MR) is 85.6 cm³/mol. The number of benzene rings is 1. The van der Waals surface area contributed by atoms with Crippen LogP contribution in [0.25, 0.3) is 0 Å². The minimum Gasteiger partial charge on any atom is -0.493 e. The second kappa shape index (κ2) is 7.84. The minimum atomic E-state index is 0.475. The number of hydrogen-bond donors (Lipinski definition) is 0. The highest BCUT2D eigenvalue weighted by atomic mass is 32.1. The van der Waals surface area contributed by atoms with Crippen molar-refractivity contribution in [3.63, 3.8) is 0 Å². The van der Waals surface area contributed by atoms with E-state index in [0.717, 1.165) is 29.8 Å². The van der Waals surface area contributed by atoms with Gasteiger partial charge in [0.1, 0.15) is 18.1 Å². The Balaban J connectivity index is 2.07. The van der Waals surface area contributed by atoms with Crippen LogP contribution in [-0.2, 0) is 13.0 Å². The van der Waals surface area contributed by atoms with Gasteiger partial charge in [0.2, 0.25) is 0 Å². The van der Waals surface area contributed by atoms with Crippen LogP contribution in [0.5, 0.6) is 11.5 Å². The summed E-state index contributed by atoms with van der Waals surface area (Å²) in [6.45, 7) is 5.32. The molecule has 0 spiro atoms. The molecule has 0 radical (unpaired) electrons. The Hall–Kier alpha value is -1.81. The number of hydrogen-bond acceptors (Lipinski definition) is 4. The summed E-state index contributed by atoms with van der Waals surface area (Å²) in [5.41, 5.74) is 0.547. The van der Waals surface area contributed by atoms with Crippen molar-refractivity contribution in [1.82, 2.24) is 0 Å². The fraction of sp³-hybridized carbons (Fsp3) is 0.353. The molecule has 112 valence electrons. The molecule has 1 aromatic carbocycles. The van der Waals surface area contributed by atoms with Gasteiger partial charge in [-0.15, -0.1) is 11.3 Å². The molecule has 0 saturated heterocycles. The van der Waals surface area contributed by atoms with Gasteiger partial charge in [-0.2, -0.15) is 0 Å². The van der Waals surface area contributed by atoms with E-state index >= 15 is 0 Å². The fourth-order valence-electron chi connectivity index (χ4n) is 1.89. The first-order valence-electron chi connectivity index (χ1n) is 7.19. The molecule has 0 saturated carbocycles. The first kappa shape index (κ1) is 15.6. The summed E-state index contributed by atoms with van der Waals surface area (Å²) in [5, 5.41) is 0. The second-order valence-electron chi connectivity index (χ2n) is 4.68. The average Bonchev–Trinajstić information content (AvgIpc) is 2.99. The molecule has 3 nitrogen and oxygen atoms in total. The lowest BCUT2D eigenvalue weighted by Crippen LogP contribution is -1.99. The number of ether oxygens (including phenoxy) is 2. The van der Waals surface area contributed by atoms with E-state index in [1.807, 2.05) is 0 Å². The Labute approximate surface area is 129 Å². The van der Waals surface area contributed by atoms with Crippen LogP contribution < -0.4 is 9.47 Å². The molecular weight excluding hydrogens is 284 g/mol. The van der Waals surface area contributed by atoms with E-state index in [2.05, 4.69) is 26.0 Å². The molecule has 0 aliphatic rings. The lowest BCUT2D eigenvalue weighted by molar-refractivity contribution is 0.111. The third-order valence-electron chi connectivity index (χ3n) is 3.02. The zero-order valence-electron chi connectivity index (χ0n) is 12.4. The summed E-state index contributed by atoms with van der Waals surface area (Å²) in [6, 6.07) is 9.51. The van der Waals surface area contributed by atoms with Crippen LogP contribution in [0, 0.1) is 0 Å². The van der Waals surface area contributed by atoms with Gasteiger partial charge in [-0.25, -0.2) is 0 Å². The lowest BCUT2D eigenvalue weighted by atomic mass is 10.2. The number of carbonyl (C=O) groups excluding carboxylic acids is 1. The summed E-state index contributed by atoms with van der Waals surface area (Å²) < 4.78 is 11.4. The van der Waals surface area contributed by atoms with Crippen molar-refractivity contribution in [2.45, 2.75) is 33.3 Å². The van der Waals surface area contributed by atoms with E-state index in [1.165, 1.54) is 4.88 Å². The molecule has 0 unspecified atom stereocenters. The Bertz CT molecular complexity index is 589. The van der Waals surface area contributed by atoms with E-state index < -0.39 is 0 Å². The first-order chi connectivity index (χ1) is 10.3. The summed E-state index contributed by atoms with van der Waals surface area (Å²) in [6.07, 6.45) is 2.79. The zero-order valence-corrected chi connectivity index (χ0v) is 13.2. The van der Waals surface area contributed by atoms with Gasteiger partial charge in [0.05, 0.1) is 12.2 Å². The molecule has 0 fully saturated rings. The maximum Gasteiger partial charge on any atom is 0.153 e. The molecule has 21 heavy (non-hydrogen) atoms. The molecule has 1 aromatic heterocycles. The van der Waals surface area contributed by atoms with E-state index in [0.29, 0.717) is 24.5 Å². The van der Waals surface area contributed by atoms with Gasteiger partial charge >= 0.3 is 0 Å². The number of rotatable bonds is 8. The maximum absolute atomic E-state index is 11.1. The van der Waals surface area contributed by atoms with Crippen molar-refractivity contribution >= 4 is 17.6 Å². The molecule has 1 heterocycles. The Morgan fingerprint density at radius 1 is 1.10 bits per heavy atom. The number of thiophene rings is 1. The average molecular weight is 304 g/mol. The summed E-state index contributed by atoms with van der Waals surface area (Å²) in [4.78, 5) is 13.6.